The molecule has 1 aromatic carbocycles. The third-order valence-corrected chi connectivity index (χ3v) is 4.12. The Hall–Kier alpha value is -0.670. The van der Waals surface area contributed by atoms with Crippen molar-refractivity contribution >= 4 is 17.4 Å². The number of hydrogen-bond acceptors (Lipinski definition) is 3. The first-order chi connectivity index (χ1) is 7.25. The van der Waals surface area contributed by atoms with Crippen molar-refractivity contribution in [1.82, 2.24) is 5.32 Å². The second-order valence-electron chi connectivity index (χ2n) is 4.21. The lowest BCUT2D eigenvalue weighted by Gasteiger charge is -2.09. The molecule has 1 saturated heterocycles. The van der Waals surface area contributed by atoms with Gasteiger partial charge in [-0.15, -0.1) is 11.8 Å². The van der Waals surface area contributed by atoms with E-state index in [-0.39, 0.29) is 0 Å². The number of aryl methyl sites for hydroxylation is 1. The van der Waals surface area contributed by atoms with Crippen LogP contribution in [0, 0.1) is 12.8 Å². The molecule has 1 unspecified atom stereocenters. The van der Waals surface area contributed by atoms with Crippen LogP contribution in [0.1, 0.15) is 12.0 Å². The molecule has 1 atom stereocenters. The van der Waals surface area contributed by atoms with E-state index in [2.05, 4.69) is 30.4 Å². The molecule has 82 valence electrons. The quantitative estimate of drug-likeness (QED) is 0.608. The average molecular weight is 222 g/mol. The van der Waals surface area contributed by atoms with Gasteiger partial charge in [-0.1, -0.05) is 6.07 Å². The van der Waals surface area contributed by atoms with Crippen molar-refractivity contribution in [1.29, 1.82) is 0 Å². The normalized spacial score (nSPS) is 20.7. The molecule has 1 aliphatic rings. The summed E-state index contributed by atoms with van der Waals surface area (Å²) in [5.74, 6) is 2.00. The predicted molar refractivity (Wildman–Crippen MR) is 67.3 cm³/mol. The number of nitrogen functional groups attached to an aromatic ring is 1. The zero-order valence-electron chi connectivity index (χ0n) is 9.12. The van der Waals surface area contributed by atoms with E-state index in [4.69, 9.17) is 5.73 Å². The molecule has 0 radical (unpaired) electrons. The minimum atomic E-state index is 0.815. The van der Waals surface area contributed by atoms with Gasteiger partial charge in [-0.2, -0.15) is 0 Å². The van der Waals surface area contributed by atoms with Gasteiger partial charge in [0.05, 0.1) is 0 Å². The number of nitrogens with two attached hydrogens (primary N) is 1. The third-order valence-electron chi connectivity index (χ3n) is 2.80. The minimum Gasteiger partial charge on any atom is -0.398 e. The largest absolute Gasteiger partial charge is 0.398 e. The van der Waals surface area contributed by atoms with Crippen molar-refractivity contribution < 1.29 is 0 Å². The number of anilines is 1. The zero-order valence-corrected chi connectivity index (χ0v) is 9.94. The maximum absolute atomic E-state index is 5.97. The summed E-state index contributed by atoms with van der Waals surface area (Å²) < 4.78 is 0. The van der Waals surface area contributed by atoms with Crippen LogP contribution in [0.15, 0.2) is 23.1 Å². The van der Waals surface area contributed by atoms with Crippen LogP contribution in [0.5, 0.6) is 0 Å². The monoisotopic (exact) mass is 222 g/mol. The van der Waals surface area contributed by atoms with Gasteiger partial charge in [-0.3, -0.25) is 0 Å². The molecule has 15 heavy (non-hydrogen) atoms. The summed E-state index contributed by atoms with van der Waals surface area (Å²) in [7, 11) is 0. The molecule has 0 amide bonds. The van der Waals surface area contributed by atoms with Gasteiger partial charge in [0.1, 0.15) is 0 Å². The summed E-state index contributed by atoms with van der Waals surface area (Å²) >= 11 is 1.89. The lowest BCUT2D eigenvalue weighted by atomic mass is 10.2. The molecule has 1 aliphatic heterocycles. The van der Waals surface area contributed by atoms with Crippen LogP contribution in [0.2, 0.25) is 0 Å². The van der Waals surface area contributed by atoms with E-state index in [0.29, 0.717) is 0 Å². The molecule has 3 N–H and O–H groups in total. The topological polar surface area (TPSA) is 38.0 Å². The Morgan fingerprint density at radius 2 is 2.40 bits per heavy atom. The first-order valence-electron chi connectivity index (χ1n) is 5.45. The fourth-order valence-electron chi connectivity index (χ4n) is 1.86. The molecule has 0 aliphatic carbocycles. The molecule has 1 aromatic rings. The molecule has 2 rings (SSSR count). The van der Waals surface area contributed by atoms with Gasteiger partial charge in [0.25, 0.3) is 0 Å². The SMILES string of the molecule is Cc1ccc(SCC2CCNC2)c(N)c1. The Morgan fingerprint density at radius 1 is 1.53 bits per heavy atom. The van der Waals surface area contributed by atoms with Crippen LogP contribution >= 0.6 is 11.8 Å². The van der Waals surface area contributed by atoms with E-state index in [1.165, 1.54) is 35.7 Å². The van der Waals surface area contributed by atoms with Crippen LogP contribution in [0.25, 0.3) is 0 Å². The molecule has 1 heterocycles. The molecular weight excluding hydrogens is 204 g/mol. The van der Waals surface area contributed by atoms with E-state index in [1.54, 1.807) is 0 Å². The second-order valence-corrected chi connectivity index (χ2v) is 5.27. The summed E-state index contributed by atoms with van der Waals surface area (Å²) in [6.45, 7) is 4.42. The molecular formula is C12H18N2S. The van der Waals surface area contributed by atoms with E-state index < -0.39 is 0 Å². The highest BCUT2D eigenvalue weighted by atomic mass is 32.2. The highest BCUT2D eigenvalue weighted by Crippen LogP contribution is 2.28. The maximum Gasteiger partial charge on any atom is 0.0454 e. The number of rotatable bonds is 3. The zero-order chi connectivity index (χ0) is 10.7. The molecule has 0 aromatic heterocycles. The first kappa shape index (κ1) is 10.8. The Balaban J connectivity index is 1.92. The van der Waals surface area contributed by atoms with Gasteiger partial charge < -0.3 is 11.1 Å². The average Bonchev–Trinajstić information content (AvgIpc) is 2.69. The van der Waals surface area contributed by atoms with Crippen molar-refractivity contribution in [2.75, 3.05) is 24.6 Å². The summed E-state index contributed by atoms with van der Waals surface area (Å²) in [5, 5.41) is 3.39. The minimum absolute atomic E-state index is 0.815. The molecule has 3 heteroatoms. The molecule has 0 bridgehead atoms. The van der Waals surface area contributed by atoms with Gasteiger partial charge in [-0.05, 0) is 50.0 Å². The highest BCUT2D eigenvalue weighted by Gasteiger charge is 2.14. The summed E-state index contributed by atoms with van der Waals surface area (Å²) in [6.07, 6.45) is 1.30. The van der Waals surface area contributed by atoms with Gasteiger partial charge in [0, 0.05) is 16.3 Å². The number of benzene rings is 1. The van der Waals surface area contributed by atoms with Crippen molar-refractivity contribution in [3.8, 4) is 0 Å². The summed E-state index contributed by atoms with van der Waals surface area (Å²) in [6, 6.07) is 6.32. The lowest BCUT2D eigenvalue weighted by molar-refractivity contribution is 0.663. The van der Waals surface area contributed by atoms with Crippen LogP contribution in [0.3, 0.4) is 0 Å². The highest BCUT2D eigenvalue weighted by molar-refractivity contribution is 7.99. The van der Waals surface area contributed by atoms with E-state index >= 15 is 0 Å². The molecule has 2 nitrogen and oxygen atoms in total. The summed E-state index contributed by atoms with van der Waals surface area (Å²) in [4.78, 5) is 1.23. The van der Waals surface area contributed by atoms with E-state index in [1.807, 2.05) is 11.8 Å². The smallest absolute Gasteiger partial charge is 0.0454 e. The van der Waals surface area contributed by atoms with E-state index in [9.17, 15) is 0 Å². The molecule has 0 spiro atoms. The first-order valence-corrected chi connectivity index (χ1v) is 6.44. The van der Waals surface area contributed by atoms with Crippen molar-refractivity contribution in [2.45, 2.75) is 18.2 Å². The van der Waals surface area contributed by atoms with Crippen LogP contribution in [0.4, 0.5) is 5.69 Å². The van der Waals surface area contributed by atoms with Crippen molar-refractivity contribution in [3.05, 3.63) is 23.8 Å². The fourth-order valence-corrected chi connectivity index (χ4v) is 2.95. The Morgan fingerprint density at radius 3 is 3.07 bits per heavy atom. The van der Waals surface area contributed by atoms with Gasteiger partial charge >= 0.3 is 0 Å². The van der Waals surface area contributed by atoms with Crippen molar-refractivity contribution in [2.24, 2.45) is 5.92 Å². The Kier molecular flexibility index (Phi) is 3.54. The standard InChI is InChI=1S/C12H18N2S/c1-9-2-3-12(11(13)6-9)15-8-10-4-5-14-7-10/h2-3,6,10,14H,4-5,7-8,13H2,1H3. The summed E-state index contributed by atoms with van der Waals surface area (Å²) in [5.41, 5.74) is 8.13. The maximum atomic E-state index is 5.97. The molecule has 1 fully saturated rings. The van der Waals surface area contributed by atoms with Gasteiger partial charge in [0.2, 0.25) is 0 Å². The number of nitrogens with one attached hydrogen (secondary N) is 1. The fraction of sp³-hybridized carbons (Fsp3) is 0.500. The van der Waals surface area contributed by atoms with Gasteiger partial charge in [0.15, 0.2) is 0 Å². The predicted octanol–water partition coefficient (Wildman–Crippen LogP) is 2.28. The van der Waals surface area contributed by atoms with Crippen molar-refractivity contribution in [3.63, 3.8) is 0 Å². The van der Waals surface area contributed by atoms with E-state index in [0.717, 1.165) is 11.6 Å². The second kappa shape index (κ2) is 4.90. The van der Waals surface area contributed by atoms with Crippen LogP contribution in [-0.2, 0) is 0 Å². The molecule has 0 saturated carbocycles. The van der Waals surface area contributed by atoms with Crippen LogP contribution in [-0.4, -0.2) is 18.8 Å². The third kappa shape index (κ3) is 2.89. The lowest BCUT2D eigenvalue weighted by Crippen LogP contribution is -2.10. The Labute approximate surface area is 95.6 Å². The van der Waals surface area contributed by atoms with Crippen LogP contribution < -0.4 is 11.1 Å². The van der Waals surface area contributed by atoms with Gasteiger partial charge in [-0.25, -0.2) is 0 Å². The number of hydrogen-bond donors (Lipinski definition) is 2. The number of thioether (sulfide) groups is 1. The Bertz CT molecular complexity index is 332.